The van der Waals surface area contributed by atoms with Crippen molar-refractivity contribution in [3.05, 3.63) is 0 Å². The van der Waals surface area contributed by atoms with Gasteiger partial charge in [-0.05, 0) is 25.8 Å². The van der Waals surface area contributed by atoms with E-state index in [-0.39, 0.29) is 18.2 Å². The average Bonchev–Trinajstić information content (AvgIpc) is 2.50. The second-order valence-electron chi connectivity index (χ2n) is 3.64. The zero-order valence-electron chi connectivity index (χ0n) is 7.79. The Morgan fingerprint density at radius 3 is 2.77 bits per heavy atom. The van der Waals surface area contributed by atoms with E-state index in [0.29, 0.717) is 0 Å². The summed E-state index contributed by atoms with van der Waals surface area (Å²) < 4.78 is 34.8. The highest BCUT2D eigenvalue weighted by Gasteiger charge is 2.24. The summed E-state index contributed by atoms with van der Waals surface area (Å²) in [6.07, 6.45) is 2.06. The van der Waals surface area contributed by atoms with Gasteiger partial charge in [0.1, 0.15) is 16.0 Å². The lowest BCUT2D eigenvalue weighted by Crippen LogP contribution is -2.33. The molecule has 0 bridgehead atoms. The summed E-state index contributed by atoms with van der Waals surface area (Å²) in [4.78, 5) is 0. The molecule has 78 valence electrons. The van der Waals surface area contributed by atoms with Crippen LogP contribution in [0.1, 0.15) is 19.3 Å². The number of sulfone groups is 1. The van der Waals surface area contributed by atoms with Crippen molar-refractivity contribution in [3.63, 3.8) is 0 Å². The molecule has 1 saturated heterocycles. The quantitative estimate of drug-likeness (QED) is 0.734. The maximum absolute atomic E-state index is 13.3. The van der Waals surface area contributed by atoms with Crippen LogP contribution in [0.15, 0.2) is 0 Å². The number of nitrogens with one attached hydrogen (secondary N) is 1. The third-order valence-electron chi connectivity index (χ3n) is 2.30. The van der Waals surface area contributed by atoms with Crippen molar-refractivity contribution in [1.29, 1.82) is 0 Å². The van der Waals surface area contributed by atoms with Crippen LogP contribution >= 0.6 is 0 Å². The average molecular weight is 209 g/mol. The minimum atomic E-state index is -3.02. The van der Waals surface area contributed by atoms with Gasteiger partial charge in [-0.2, -0.15) is 0 Å². The normalized spacial score (nSPS) is 26.2. The summed E-state index contributed by atoms with van der Waals surface area (Å²) >= 11 is 0. The molecule has 0 aromatic rings. The fourth-order valence-electron chi connectivity index (χ4n) is 1.55. The van der Waals surface area contributed by atoms with Crippen molar-refractivity contribution in [2.24, 2.45) is 0 Å². The minimum Gasteiger partial charge on any atom is -0.311 e. The van der Waals surface area contributed by atoms with Crippen molar-refractivity contribution in [2.45, 2.75) is 31.5 Å². The summed E-state index contributed by atoms with van der Waals surface area (Å²) in [6.45, 7) is 0.851. The van der Waals surface area contributed by atoms with Crippen molar-refractivity contribution < 1.29 is 12.8 Å². The summed E-state index contributed by atoms with van der Waals surface area (Å²) in [5.74, 6) is -0.0493. The van der Waals surface area contributed by atoms with Crippen molar-refractivity contribution in [1.82, 2.24) is 5.32 Å². The molecular formula is C8H16FNO2S. The molecule has 0 radical (unpaired) electrons. The molecule has 1 N–H and O–H groups in total. The van der Waals surface area contributed by atoms with Gasteiger partial charge in [0.25, 0.3) is 0 Å². The van der Waals surface area contributed by atoms with E-state index >= 15 is 0 Å². The highest BCUT2D eigenvalue weighted by Crippen LogP contribution is 2.15. The van der Waals surface area contributed by atoms with Gasteiger partial charge in [-0.1, -0.05) is 0 Å². The summed E-state index contributed by atoms with van der Waals surface area (Å²) in [5, 5.41) is 3.02. The Bertz CT molecular complexity index is 247. The first-order chi connectivity index (χ1) is 5.99. The van der Waals surface area contributed by atoms with Crippen LogP contribution in [-0.4, -0.2) is 39.2 Å². The van der Waals surface area contributed by atoms with Crippen LogP contribution in [0.4, 0.5) is 4.39 Å². The van der Waals surface area contributed by atoms with Gasteiger partial charge in [-0.3, -0.25) is 0 Å². The van der Waals surface area contributed by atoms with Crippen molar-refractivity contribution in [2.75, 3.05) is 18.6 Å². The Kier molecular flexibility index (Phi) is 3.67. The molecule has 3 nitrogen and oxygen atoms in total. The highest BCUT2D eigenvalue weighted by molar-refractivity contribution is 7.90. The van der Waals surface area contributed by atoms with Gasteiger partial charge >= 0.3 is 0 Å². The molecule has 1 aliphatic heterocycles. The van der Waals surface area contributed by atoms with Gasteiger partial charge in [-0.25, -0.2) is 12.8 Å². The number of rotatable bonds is 4. The molecule has 0 spiro atoms. The lowest BCUT2D eigenvalue weighted by molar-refractivity contribution is 0.258. The second-order valence-corrected chi connectivity index (χ2v) is 5.90. The van der Waals surface area contributed by atoms with Crippen molar-refractivity contribution >= 4 is 9.84 Å². The maximum atomic E-state index is 13.3. The lowest BCUT2D eigenvalue weighted by Gasteiger charge is -2.14. The van der Waals surface area contributed by atoms with Gasteiger partial charge in [0.2, 0.25) is 0 Å². The number of alkyl halides is 1. The van der Waals surface area contributed by atoms with Crippen LogP contribution in [0.25, 0.3) is 0 Å². The van der Waals surface area contributed by atoms with E-state index in [0.717, 1.165) is 25.6 Å². The molecule has 5 heteroatoms. The van der Waals surface area contributed by atoms with Gasteiger partial charge < -0.3 is 5.32 Å². The number of hydrogen-bond donors (Lipinski definition) is 1. The molecule has 0 saturated carbocycles. The van der Waals surface area contributed by atoms with Crippen LogP contribution in [0.5, 0.6) is 0 Å². The number of halogens is 1. The predicted octanol–water partition coefficient (Wildman–Crippen LogP) is 0.511. The smallest absolute Gasteiger partial charge is 0.147 e. The molecule has 1 fully saturated rings. The molecule has 2 atom stereocenters. The Balaban J connectivity index is 2.28. The van der Waals surface area contributed by atoms with E-state index in [1.54, 1.807) is 0 Å². The Labute approximate surface area is 78.6 Å². The van der Waals surface area contributed by atoms with Gasteiger partial charge in [-0.15, -0.1) is 0 Å². The molecule has 2 unspecified atom stereocenters. The van der Waals surface area contributed by atoms with Crippen molar-refractivity contribution in [3.8, 4) is 0 Å². The number of hydrogen-bond acceptors (Lipinski definition) is 3. The fraction of sp³-hybridized carbons (Fsp3) is 1.00. The molecular weight excluding hydrogens is 193 g/mol. The molecule has 1 aliphatic rings. The van der Waals surface area contributed by atoms with E-state index in [1.807, 2.05) is 0 Å². The van der Waals surface area contributed by atoms with E-state index in [4.69, 9.17) is 0 Å². The maximum Gasteiger partial charge on any atom is 0.147 e. The fourth-order valence-corrected chi connectivity index (χ4v) is 2.20. The Hall–Kier alpha value is -0.160. The topological polar surface area (TPSA) is 46.2 Å². The van der Waals surface area contributed by atoms with Gasteiger partial charge in [0.05, 0.1) is 5.75 Å². The monoisotopic (exact) mass is 209 g/mol. The molecule has 0 aromatic carbocycles. The zero-order chi connectivity index (χ0) is 9.90. The van der Waals surface area contributed by atoms with Crippen LogP contribution in [0, 0.1) is 0 Å². The van der Waals surface area contributed by atoms with E-state index < -0.39 is 16.0 Å². The first-order valence-electron chi connectivity index (χ1n) is 4.54. The van der Waals surface area contributed by atoms with Gasteiger partial charge in [0.15, 0.2) is 0 Å². The summed E-state index contributed by atoms with van der Waals surface area (Å²) in [7, 11) is -3.02. The third kappa shape index (κ3) is 4.04. The molecule has 13 heavy (non-hydrogen) atoms. The molecule has 0 aromatic heterocycles. The molecule has 0 amide bonds. The van der Waals surface area contributed by atoms with Crippen LogP contribution in [-0.2, 0) is 9.84 Å². The van der Waals surface area contributed by atoms with Crippen LogP contribution in [0.2, 0.25) is 0 Å². The summed E-state index contributed by atoms with van der Waals surface area (Å²) in [5.41, 5.74) is 0. The Morgan fingerprint density at radius 2 is 2.31 bits per heavy atom. The molecule has 1 rings (SSSR count). The highest BCUT2D eigenvalue weighted by atomic mass is 32.2. The lowest BCUT2D eigenvalue weighted by atomic mass is 10.1. The standard InChI is InChI=1S/C8H16FNO2S/c1-13(11,12)6-4-7(9)8-3-2-5-10-8/h7-8,10H,2-6H2,1H3. The van der Waals surface area contributed by atoms with E-state index in [1.165, 1.54) is 0 Å². The van der Waals surface area contributed by atoms with E-state index in [9.17, 15) is 12.8 Å². The van der Waals surface area contributed by atoms with E-state index in [2.05, 4.69) is 5.32 Å². The second kappa shape index (κ2) is 4.37. The SMILES string of the molecule is CS(=O)(=O)CCC(F)C1CCCN1. The third-order valence-corrected chi connectivity index (χ3v) is 3.28. The van der Waals surface area contributed by atoms with Gasteiger partial charge in [0, 0.05) is 12.3 Å². The first-order valence-corrected chi connectivity index (χ1v) is 6.60. The minimum absolute atomic E-state index is 0.0493. The predicted molar refractivity (Wildman–Crippen MR) is 50.2 cm³/mol. The largest absolute Gasteiger partial charge is 0.311 e. The van der Waals surface area contributed by atoms with Crippen LogP contribution in [0.3, 0.4) is 0 Å². The molecule has 0 aliphatic carbocycles. The van der Waals surface area contributed by atoms with Crippen LogP contribution < -0.4 is 5.32 Å². The zero-order valence-corrected chi connectivity index (χ0v) is 8.61. The first kappa shape index (κ1) is 10.9. The Morgan fingerprint density at radius 1 is 1.62 bits per heavy atom. The summed E-state index contributed by atoms with van der Waals surface area (Å²) in [6, 6.07) is -0.123. The molecule has 1 heterocycles.